The van der Waals surface area contributed by atoms with Gasteiger partial charge in [-0.15, -0.1) is 0 Å². The first-order chi connectivity index (χ1) is 12.6. The summed E-state index contributed by atoms with van der Waals surface area (Å²) >= 11 is 0. The van der Waals surface area contributed by atoms with Gasteiger partial charge in [0.15, 0.2) is 5.60 Å². The molecule has 1 spiro atoms. The number of amides is 1. The van der Waals surface area contributed by atoms with Crippen molar-refractivity contribution in [1.29, 1.82) is 0 Å². The van der Waals surface area contributed by atoms with E-state index < -0.39 is 11.6 Å². The zero-order chi connectivity index (χ0) is 18.1. The molecular formula is C20H19NO5. The molecule has 1 fully saturated rings. The lowest BCUT2D eigenvalue weighted by Crippen LogP contribution is -2.61. The Balaban J connectivity index is 1.41. The van der Waals surface area contributed by atoms with E-state index in [1.165, 1.54) is 7.11 Å². The third-order valence-electron chi connectivity index (χ3n) is 4.81. The number of hydrogen-bond acceptors (Lipinski definition) is 5. The zero-order valence-corrected chi connectivity index (χ0v) is 14.4. The molecule has 2 aromatic rings. The number of hydrogen-bond donors (Lipinski definition) is 1. The molecule has 1 heterocycles. The monoisotopic (exact) mass is 353 g/mol. The van der Waals surface area contributed by atoms with E-state index in [1.807, 2.05) is 30.3 Å². The molecule has 0 atom stereocenters. The molecule has 2 aromatic carbocycles. The standard InChI is InChI=1S/C20H19NO5/c1-24-18(22)14-7-8-17-16(9-14)21-19(23)20(26-17)10-15(11-20)25-12-13-5-3-2-4-6-13/h2-9,15H,10-12H2,1H3,(H,21,23). The van der Waals surface area contributed by atoms with Crippen molar-refractivity contribution in [2.24, 2.45) is 0 Å². The van der Waals surface area contributed by atoms with E-state index in [-0.39, 0.29) is 12.0 Å². The molecule has 1 aliphatic heterocycles. The Morgan fingerprint density at radius 1 is 1.23 bits per heavy atom. The fraction of sp³-hybridized carbons (Fsp3) is 0.300. The summed E-state index contributed by atoms with van der Waals surface area (Å²) in [6, 6.07) is 14.8. The Bertz CT molecular complexity index is 843. The number of benzene rings is 2. The number of carbonyl (C=O) groups is 2. The summed E-state index contributed by atoms with van der Waals surface area (Å²) in [7, 11) is 1.32. The first kappa shape index (κ1) is 16.6. The normalized spacial score (nSPS) is 23.4. The highest BCUT2D eigenvalue weighted by atomic mass is 16.5. The highest BCUT2D eigenvalue weighted by Crippen LogP contribution is 2.45. The van der Waals surface area contributed by atoms with Crippen molar-refractivity contribution in [3.05, 3.63) is 59.7 Å². The van der Waals surface area contributed by atoms with Gasteiger partial charge in [0, 0.05) is 12.8 Å². The van der Waals surface area contributed by atoms with Gasteiger partial charge in [0.05, 0.1) is 31.1 Å². The van der Waals surface area contributed by atoms with Gasteiger partial charge in [0.1, 0.15) is 5.75 Å². The van der Waals surface area contributed by atoms with E-state index in [2.05, 4.69) is 5.32 Å². The largest absolute Gasteiger partial charge is 0.475 e. The van der Waals surface area contributed by atoms with E-state index in [1.54, 1.807) is 18.2 Å². The number of nitrogens with one attached hydrogen (secondary N) is 1. The molecule has 0 aromatic heterocycles. The Labute approximate surface area is 151 Å². The first-order valence-corrected chi connectivity index (χ1v) is 8.48. The van der Waals surface area contributed by atoms with Crippen LogP contribution >= 0.6 is 0 Å². The number of methoxy groups -OCH3 is 1. The highest BCUT2D eigenvalue weighted by molar-refractivity contribution is 6.03. The third-order valence-corrected chi connectivity index (χ3v) is 4.81. The second-order valence-corrected chi connectivity index (χ2v) is 6.58. The maximum atomic E-state index is 12.5. The topological polar surface area (TPSA) is 73.9 Å². The maximum absolute atomic E-state index is 12.5. The molecule has 26 heavy (non-hydrogen) atoms. The van der Waals surface area contributed by atoms with Crippen molar-refractivity contribution < 1.29 is 23.8 Å². The molecule has 6 nitrogen and oxygen atoms in total. The zero-order valence-electron chi connectivity index (χ0n) is 14.4. The van der Waals surface area contributed by atoms with Crippen LogP contribution in [0, 0.1) is 0 Å². The average Bonchev–Trinajstić information content (AvgIpc) is 2.64. The minimum Gasteiger partial charge on any atom is -0.475 e. The van der Waals surface area contributed by atoms with Crippen LogP contribution in [0.4, 0.5) is 5.69 Å². The molecule has 2 aliphatic rings. The van der Waals surface area contributed by atoms with Crippen LogP contribution in [0.1, 0.15) is 28.8 Å². The van der Waals surface area contributed by atoms with Gasteiger partial charge in [-0.3, -0.25) is 4.79 Å². The number of esters is 1. The predicted octanol–water partition coefficient (Wildman–Crippen LogP) is 2.92. The number of fused-ring (bicyclic) bond motifs is 1. The SMILES string of the molecule is COC(=O)c1ccc2c(c1)NC(=O)C1(CC(OCc3ccccc3)C1)O2. The fourth-order valence-corrected chi connectivity index (χ4v) is 3.31. The van der Waals surface area contributed by atoms with Crippen molar-refractivity contribution in [1.82, 2.24) is 0 Å². The minimum atomic E-state index is -0.888. The van der Waals surface area contributed by atoms with Crippen molar-refractivity contribution in [2.45, 2.75) is 31.2 Å². The summed E-state index contributed by atoms with van der Waals surface area (Å²) in [4.78, 5) is 24.1. The van der Waals surface area contributed by atoms with Crippen LogP contribution in [0.3, 0.4) is 0 Å². The van der Waals surface area contributed by atoms with Gasteiger partial charge in [0.2, 0.25) is 0 Å². The van der Waals surface area contributed by atoms with Gasteiger partial charge in [0.25, 0.3) is 5.91 Å². The van der Waals surface area contributed by atoms with Crippen molar-refractivity contribution in [3.8, 4) is 5.75 Å². The van der Waals surface area contributed by atoms with E-state index >= 15 is 0 Å². The Morgan fingerprint density at radius 2 is 2.00 bits per heavy atom. The second-order valence-electron chi connectivity index (χ2n) is 6.58. The van der Waals surface area contributed by atoms with Gasteiger partial charge >= 0.3 is 5.97 Å². The van der Waals surface area contributed by atoms with Crippen LogP contribution in [0.2, 0.25) is 0 Å². The molecule has 1 aliphatic carbocycles. The molecule has 0 saturated heterocycles. The van der Waals surface area contributed by atoms with Crippen LogP contribution in [-0.4, -0.2) is 30.7 Å². The molecule has 134 valence electrons. The average molecular weight is 353 g/mol. The number of rotatable bonds is 4. The van der Waals surface area contributed by atoms with Crippen LogP contribution in [0.15, 0.2) is 48.5 Å². The molecule has 1 N–H and O–H groups in total. The minimum absolute atomic E-state index is 0.0168. The van der Waals surface area contributed by atoms with Gasteiger partial charge in [-0.2, -0.15) is 0 Å². The van der Waals surface area contributed by atoms with E-state index in [0.717, 1.165) is 5.56 Å². The molecule has 0 radical (unpaired) electrons. The summed E-state index contributed by atoms with van der Waals surface area (Å²) in [6.07, 6.45) is 0.991. The van der Waals surface area contributed by atoms with Crippen LogP contribution in [0.5, 0.6) is 5.75 Å². The van der Waals surface area contributed by atoms with Gasteiger partial charge in [-0.25, -0.2) is 4.79 Å². The van der Waals surface area contributed by atoms with Gasteiger partial charge in [-0.05, 0) is 23.8 Å². The van der Waals surface area contributed by atoms with Crippen LogP contribution < -0.4 is 10.1 Å². The summed E-state index contributed by atoms with van der Waals surface area (Å²) in [5.74, 6) is -0.106. The first-order valence-electron chi connectivity index (χ1n) is 8.48. The highest BCUT2D eigenvalue weighted by Gasteiger charge is 2.55. The number of anilines is 1. The Morgan fingerprint density at radius 3 is 2.73 bits per heavy atom. The summed E-state index contributed by atoms with van der Waals surface area (Å²) in [5.41, 5.74) is 1.06. The molecule has 1 saturated carbocycles. The predicted molar refractivity (Wildman–Crippen MR) is 94.0 cm³/mol. The lowest BCUT2D eigenvalue weighted by atomic mass is 9.75. The maximum Gasteiger partial charge on any atom is 0.337 e. The smallest absolute Gasteiger partial charge is 0.337 e. The quantitative estimate of drug-likeness (QED) is 0.856. The lowest BCUT2D eigenvalue weighted by Gasteiger charge is -2.47. The third kappa shape index (κ3) is 2.93. The Kier molecular flexibility index (Phi) is 4.12. The molecule has 4 rings (SSSR count). The van der Waals surface area contributed by atoms with Crippen molar-refractivity contribution >= 4 is 17.6 Å². The van der Waals surface area contributed by atoms with Crippen LogP contribution in [0.25, 0.3) is 0 Å². The van der Waals surface area contributed by atoms with Crippen molar-refractivity contribution in [3.63, 3.8) is 0 Å². The van der Waals surface area contributed by atoms with Crippen molar-refractivity contribution in [2.75, 3.05) is 12.4 Å². The molecular weight excluding hydrogens is 334 g/mol. The fourth-order valence-electron chi connectivity index (χ4n) is 3.31. The molecule has 1 amide bonds. The Hall–Kier alpha value is -2.86. The summed E-state index contributed by atoms with van der Waals surface area (Å²) in [5, 5.41) is 2.84. The molecule has 6 heteroatoms. The lowest BCUT2D eigenvalue weighted by molar-refractivity contribution is -0.162. The second kappa shape index (κ2) is 6.46. The summed E-state index contributed by atoms with van der Waals surface area (Å²) < 4.78 is 16.5. The van der Waals surface area contributed by atoms with Gasteiger partial charge < -0.3 is 19.5 Å². The van der Waals surface area contributed by atoms with E-state index in [0.29, 0.717) is 36.4 Å². The van der Waals surface area contributed by atoms with E-state index in [4.69, 9.17) is 14.2 Å². The number of carbonyl (C=O) groups excluding carboxylic acids is 2. The molecule has 0 bridgehead atoms. The van der Waals surface area contributed by atoms with E-state index in [9.17, 15) is 9.59 Å². The van der Waals surface area contributed by atoms with Gasteiger partial charge in [-0.1, -0.05) is 30.3 Å². The number of ether oxygens (including phenoxy) is 3. The van der Waals surface area contributed by atoms with Crippen LogP contribution in [-0.2, 0) is 20.9 Å². The molecule has 0 unspecified atom stereocenters. The summed E-state index contributed by atoms with van der Waals surface area (Å²) in [6.45, 7) is 0.516.